The van der Waals surface area contributed by atoms with E-state index in [2.05, 4.69) is 26.4 Å². The molecule has 3 unspecified atom stereocenters. The topological polar surface area (TPSA) is 225 Å². The van der Waals surface area contributed by atoms with Crippen LogP contribution in [0.15, 0.2) is 4.52 Å². The van der Waals surface area contributed by atoms with Gasteiger partial charge in [0.15, 0.2) is 0 Å². The number of nitrogen functional groups attached to an aromatic ring is 1. The molecule has 0 amide bonds. The van der Waals surface area contributed by atoms with Crippen LogP contribution in [-0.4, -0.2) is 114 Å². The summed E-state index contributed by atoms with van der Waals surface area (Å²) in [7, 11) is 0. The van der Waals surface area contributed by atoms with Crippen LogP contribution < -0.4 is 20.7 Å². The first kappa shape index (κ1) is 32.6. The predicted octanol–water partition coefficient (Wildman–Crippen LogP) is 0.950. The Balaban J connectivity index is 1.14. The second-order valence-electron chi connectivity index (χ2n) is 14.4. The van der Waals surface area contributed by atoms with Crippen molar-refractivity contribution in [2.45, 2.75) is 93.2 Å². The molecule has 5 aliphatic rings. The molecule has 0 saturated carbocycles. The van der Waals surface area contributed by atoms with Crippen molar-refractivity contribution in [3.63, 3.8) is 0 Å². The first-order valence-corrected chi connectivity index (χ1v) is 17.5. The summed E-state index contributed by atoms with van der Waals surface area (Å²) >= 11 is 1.42. The lowest BCUT2D eigenvalue weighted by atomic mass is 9.72. The molecule has 0 spiro atoms. The second kappa shape index (κ2) is 11.8. The Morgan fingerprint density at radius 3 is 2.82 bits per heavy atom. The van der Waals surface area contributed by atoms with Gasteiger partial charge in [-0.3, -0.25) is 4.90 Å². The third-order valence-electron chi connectivity index (χ3n) is 10.9. The fourth-order valence-electron chi connectivity index (χ4n) is 8.68. The molecule has 6 N–H and O–H groups in total. The first-order valence-electron chi connectivity index (χ1n) is 16.7. The Morgan fingerprint density at radius 2 is 2.00 bits per heavy atom. The summed E-state index contributed by atoms with van der Waals surface area (Å²) in [6.07, 6.45) is 1.77. The number of nitrogens with one attached hydrogen (secondary N) is 1. The predicted molar refractivity (Wildman–Crippen MR) is 171 cm³/mol. The van der Waals surface area contributed by atoms with E-state index in [1.807, 2.05) is 11.8 Å². The molecule has 8 rings (SSSR count). The third-order valence-corrected chi connectivity index (χ3v) is 12.0. The van der Waals surface area contributed by atoms with Crippen LogP contribution >= 0.6 is 11.3 Å². The number of nitrogens with two attached hydrogens (primary N) is 1. The van der Waals surface area contributed by atoms with Crippen molar-refractivity contribution in [3.8, 4) is 23.7 Å². The lowest BCUT2D eigenvalue weighted by Gasteiger charge is -2.41. The molecule has 5 atom stereocenters. The molecule has 16 nitrogen and oxygen atoms in total. The molecule has 1 aliphatic carbocycles. The minimum Gasteiger partial charge on any atom is -0.461 e. The van der Waals surface area contributed by atoms with E-state index in [0.29, 0.717) is 55.4 Å². The Kier molecular flexibility index (Phi) is 7.83. The summed E-state index contributed by atoms with van der Waals surface area (Å²) in [6.45, 7) is 4.05. The number of hydrogen-bond acceptors (Lipinski definition) is 17. The number of alkyl halides is 1. The van der Waals surface area contributed by atoms with E-state index < -0.39 is 28.8 Å². The van der Waals surface area contributed by atoms with Crippen molar-refractivity contribution < 1.29 is 33.7 Å². The number of rotatable bonds is 9. The van der Waals surface area contributed by atoms with Crippen LogP contribution in [0.5, 0.6) is 6.01 Å². The van der Waals surface area contributed by atoms with Crippen LogP contribution in [-0.2, 0) is 16.6 Å². The Hall–Kier alpha value is -3.57. The highest BCUT2D eigenvalue weighted by molar-refractivity contribution is 7.16. The molecule has 2 bridgehead atoms. The van der Waals surface area contributed by atoms with Crippen molar-refractivity contribution in [2.24, 2.45) is 0 Å². The van der Waals surface area contributed by atoms with Gasteiger partial charge in [-0.1, -0.05) is 5.16 Å². The summed E-state index contributed by atoms with van der Waals surface area (Å²) in [4.78, 5) is 24.0. The van der Waals surface area contributed by atoms with Gasteiger partial charge in [0.2, 0.25) is 23.5 Å². The number of fused-ring (bicyclic) bond motifs is 4. The normalized spacial score (nSPS) is 31.1. The molecule has 262 valence electrons. The van der Waals surface area contributed by atoms with E-state index in [9.17, 15) is 25.0 Å². The number of aromatic nitrogens is 5. The zero-order valence-electron chi connectivity index (χ0n) is 27.1. The molecule has 0 radical (unpaired) electrons. The number of anilines is 2. The van der Waals surface area contributed by atoms with Gasteiger partial charge in [0, 0.05) is 42.5 Å². The van der Waals surface area contributed by atoms with Crippen LogP contribution in [0.1, 0.15) is 73.8 Å². The highest BCUT2D eigenvalue weighted by atomic mass is 32.1. The molecule has 4 aliphatic heterocycles. The number of thiophene rings is 1. The number of halogens is 1. The molecular weight excluding hydrogens is 659 g/mol. The van der Waals surface area contributed by atoms with Crippen molar-refractivity contribution in [2.75, 3.05) is 50.0 Å². The Morgan fingerprint density at radius 1 is 1.14 bits per heavy atom. The average Bonchev–Trinajstić information content (AvgIpc) is 3.87. The molecule has 7 heterocycles. The Labute approximate surface area is 285 Å². The van der Waals surface area contributed by atoms with Crippen molar-refractivity contribution >= 4 is 22.3 Å². The molecule has 0 aromatic carbocycles. The molecule has 3 aromatic rings. The third kappa shape index (κ3) is 5.80. The van der Waals surface area contributed by atoms with Crippen LogP contribution in [0, 0.1) is 11.3 Å². The van der Waals surface area contributed by atoms with Crippen molar-refractivity contribution in [1.82, 2.24) is 35.3 Å². The van der Waals surface area contributed by atoms with Gasteiger partial charge in [0.05, 0.1) is 28.7 Å². The van der Waals surface area contributed by atoms with Crippen molar-refractivity contribution in [3.05, 3.63) is 21.9 Å². The average molecular weight is 699 g/mol. The van der Waals surface area contributed by atoms with Gasteiger partial charge in [-0.05, 0) is 58.4 Å². The minimum atomic E-state index is -3.26. The fraction of sp³-hybridized carbons (Fsp3) is 0.677. The van der Waals surface area contributed by atoms with Crippen LogP contribution in [0.2, 0.25) is 0 Å². The molecule has 49 heavy (non-hydrogen) atoms. The lowest BCUT2D eigenvalue weighted by Crippen LogP contribution is -2.63. The smallest absolute Gasteiger partial charge is 0.405 e. The van der Waals surface area contributed by atoms with Gasteiger partial charge in [-0.15, -0.1) is 11.3 Å². The first-order chi connectivity index (χ1) is 23.4. The van der Waals surface area contributed by atoms with Gasteiger partial charge < -0.3 is 45.3 Å². The van der Waals surface area contributed by atoms with Gasteiger partial charge >= 0.3 is 12.2 Å². The second-order valence-corrected chi connectivity index (χ2v) is 15.5. The van der Waals surface area contributed by atoms with Gasteiger partial charge in [-0.25, -0.2) is 4.39 Å². The SMILES string of the molecule is CC1(c2nc(-c3nc(OC[C@@]45CCCN4CC(F)C5)nc(N4CC5CC[C@@](COC(O)(O)O)(C4)N5)n3)no2)CCCc2sc(N)c(C#N)c21. The zero-order valence-corrected chi connectivity index (χ0v) is 27.9. The summed E-state index contributed by atoms with van der Waals surface area (Å²) < 4.78 is 31.6. The molecule has 4 fully saturated rings. The van der Waals surface area contributed by atoms with E-state index in [1.54, 1.807) is 0 Å². The molecular formula is C31H39FN10O6S. The number of nitriles is 1. The van der Waals surface area contributed by atoms with Crippen molar-refractivity contribution in [1.29, 1.82) is 5.26 Å². The van der Waals surface area contributed by atoms with Gasteiger partial charge in [0.25, 0.3) is 0 Å². The minimum absolute atomic E-state index is 0.0166. The molecule has 18 heteroatoms. The monoisotopic (exact) mass is 698 g/mol. The summed E-state index contributed by atoms with van der Waals surface area (Å²) in [5.74, 6) is 0.836. The molecule has 4 saturated heterocycles. The van der Waals surface area contributed by atoms with Crippen LogP contribution in [0.25, 0.3) is 11.6 Å². The number of nitrogens with zero attached hydrogens (tertiary/aromatic N) is 8. The largest absolute Gasteiger partial charge is 0.461 e. The van der Waals surface area contributed by atoms with Crippen LogP contribution in [0.3, 0.4) is 0 Å². The number of hydrogen-bond donors (Lipinski definition) is 5. The summed E-state index contributed by atoms with van der Waals surface area (Å²) in [5, 5.41) is 46.4. The van der Waals surface area contributed by atoms with E-state index in [4.69, 9.17) is 34.7 Å². The maximum atomic E-state index is 14.5. The maximum absolute atomic E-state index is 14.5. The fourth-order valence-corrected chi connectivity index (χ4v) is 9.87. The van der Waals surface area contributed by atoms with E-state index >= 15 is 0 Å². The summed E-state index contributed by atoms with van der Waals surface area (Å²) in [6, 6.07) is 2.32. The molecule has 3 aromatic heterocycles. The lowest BCUT2D eigenvalue weighted by molar-refractivity contribution is -0.457. The quantitative estimate of drug-likeness (QED) is 0.196. The van der Waals surface area contributed by atoms with E-state index in [0.717, 1.165) is 49.1 Å². The number of aryl methyl sites for hydroxylation is 1. The van der Waals surface area contributed by atoms with Crippen LogP contribution in [0.4, 0.5) is 15.3 Å². The van der Waals surface area contributed by atoms with Gasteiger partial charge in [0.1, 0.15) is 23.8 Å². The Bertz CT molecular complexity index is 1800. The number of aliphatic hydroxyl groups is 3. The number of piperazine rings is 1. The zero-order chi connectivity index (χ0) is 34.2. The van der Waals surface area contributed by atoms with E-state index in [-0.39, 0.29) is 42.9 Å². The van der Waals surface area contributed by atoms with E-state index in [1.165, 1.54) is 11.3 Å². The van der Waals surface area contributed by atoms with Gasteiger partial charge in [-0.2, -0.15) is 25.2 Å². The highest BCUT2D eigenvalue weighted by Gasteiger charge is 2.50. The number of ether oxygens (including phenoxy) is 2. The maximum Gasteiger partial charge on any atom is 0.405 e. The standard InChI is InChI=1S/C31H39FN10O6S/c1-28(6-2-4-20-21(28)19(11-33)22(34)49-20)25-35-24(40-48-25)23-36-26(41-13-18-5-8-29(14-41,39-18)15-47-31(43,44)45)38-27(37-23)46-16-30-7-3-9-42(30)12-17(32)10-30/h17-18,39,43-45H,2-10,12-16,34H2,1H3/t17?,18?,28?,29-,30-/m0/s1. The summed E-state index contributed by atoms with van der Waals surface area (Å²) in [5.41, 5.74) is 5.60. The highest BCUT2D eigenvalue weighted by Crippen LogP contribution is 2.48.